The highest BCUT2D eigenvalue weighted by atomic mass is 32.1. The first-order valence-corrected chi connectivity index (χ1v) is 7.26. The molecule has 2 heterocycles. The standard InChI is InChI=1S/C13H25N3S/c1-9(2)14-13(17)15-10-7-11-5-4-6-12(8-10)16(11)3/h9-12H,4-8H2,1-3H3,(H2,14,15,17). The lowest BCUT2D eigenvalue weighted by molar-refractivity contribution is 0.0528. The van der Waals surface area contributed by atoms with Crippen molar-refractivity contribution in [3.8, 4) is 0 Å². The molecule has 0 spiro atoms. The van der Waals surface area contributed by atoms with Gasteiger partial charge in [0, 0.05) is 24.2 Å². The van der Waals surface area contributed by atoms with Gasteiger partial charge in [0.05, 0.1) is 0 Å². The fourth-order valence-corrected chi connectivity index (χ4v) is 3.63. The molecule has 2 rings (SSSR count). The monoisotopic (exact) mass is 255 g/mol. The van der Waals surface area contributed by atoms with Crippen molar-refractivity contribution in [1.29, 1.82) is 0 Å². The van der Waals surface area contributed by atoms with Gasteiger partial charge < -0.3 is 15.5 Å². The summed E-state index contributed by atoms with van der Waals surface area (Å²) in [7, 11) is 2.29. The summed E-state index contributed by atoms with van der Waals surface area (Å²) in [6.07, 6.45) is 6.60. The summed E-state index contributed by atoms with van der Waals surface area (Å²) in [5.41, 5.74) is 0. The highest BCUT2D eigenvalue weighted by Gasteiger charge is 2.35. The molecule has 2 aliphatic rings. The van der Waals surface area contributed by atoms with Crippen LogP contribution in [0.3, 0.4) is 0 Å². The molecule has 0 aromatic carbocycles. The number of piperidine rings is 2. The second kappa shape index (κ2) is 5.53. The summed E-state index contributed by atoms with van der Waals surface area (Å²) in [6, 6.07) is 2.52. The van der Waals surface area contributed by atoms with Gasteiger partial charge in [0.2, 0.25) is 0 Å². The molecule has 4 heteroatoms. The summed E-state index contributed by atoms with van der Waals surface area (Å²) in [6.45, 7) is 4.24. The number of fused-ring (bicyclic) bond motifs is 2. The summed E-state index contributed by atoms with van der Waals surface area (Å²) >= 11 is 5.34. The third kappa shape index (κ3) is 3.32. The van der Waals surface area contributed by atoms with Crippen molar-refractivity contribution >= 4 is 17.3 Å². The highest BCUT2D eigenvalue weighted by molar-refractivity contribution is 7.80. The Bertz CT molecular complexity index is 266. The van der Waals surface area contributed by atoms with Crippen LogP contribution in [-0.4, -0.2) is 41.2 Å². The molecule has 98 valence electrons. The first kappa shape index (κ1) is 13.1. The molecule has 2 fully saturated rings. The minimum atomic E-state index is 0.417. The first-order valence-electron chi connectivity index (χ1n) is 6.85. The van der Waals surface area contributed by atoms with Crippen molar-refractivity contribution in [2.45, 2.75) is 70.1 Å². The smallest absolute Gasteiger partial charge is 0.166 e. The summed E-state index contributed by atoms with van der Waals surface area (Å²) < 4.78 is 0. The number of thiocarbonyl (C=S) groups is 1. The van der Waals surface area contributed by atoms with Gasteiger partial charge in [0.15, 0.2) is 5.11 Å². The van der Waals surface area contributed by atoms with Crippen LogP contribution in [0.5, 0.6) is 0 Å². The fourth-order valence-electron chi connectivity index (χ4n) is 3.22. The van der Waals surface area contributed by atoms with Crippen LogP contribution in [0.4, 0.5) is 0 Å². The van der Waals surface area contributed by atoms with Gasteiger partial charge in [-0.25, -0.2) is 0 Å². The van der Waals surface area contributed by atoms with E-state index in [9.17, 15) is 0 Å². The minimum absolute atomic E-state index is 0.417. The Balaban J connectivity index is 1.85. The predicted octanol–water partition coefficient (Wildman–Crippen LogP) is 1.87. The molecule has 0 aliphatic carbocycles. The van der Waals surface area contributed by atoms with E-state index in [4.69, 9.17) is 12.2 Å². The van der Waals surface area contributed by atoms with Crippen molar-refractivity contribution in [1.82, 2.24) is 15.5 Å². The van der Waals surface area contributed by atoms with Crippen LogP contribution in [0.1, 0.15) is 46.0 Å². The normalized spacial score (nSPS) is 33.5. The van der Waals surface area contributed by atoms with Crippen LogP contribution in [0.15, 0.2) is 0 Å². The van der Waals surface area contributed by atoms with E-state index < -0.39 is 0 Å². The second-order valence-corrected chi connectivity index (χ2v) is 6.25. The molecule has 17 heavy (non-hydrogen) atoms. The zero-order chi connectivity index (χ0) is 12.4. The quantitative estimate of drug-likeness (QED) is 0.737. The third-order valence-corrected chi connectivity index (χ3v) is 4.33. The van der Waals surface area contributed by atoms with Gasteiger partial charge in [-0.3, -0.25) is 0 Å². The summed E-state index contributed by atoms with van der Waals surface area (Å²) in [5.74, 6) is 0. The SMILES string of the molecule is CC(C)NC(=S)NC1CC2CCCC(C1)N2C. The van der Waals surface area contributed by atoms with E-state index in [1.54, 1.807) is 0 Å². The molecule has 2 bridgehead atoms. The first-order chi connectivity index (χ1) is 8.06. The molecule has 2 saturated heterocycles. The van der Waals surface area contributed by atoms with Gasteiger partial charge in [0.25, 0.3) is 0 Å². The maximum absolute atomic E-state index is 5.34. The van der Waals surface area contributed by atoms with Crippen LogP contribution in [0.2, 0.25) is 0 Å². The van der Waals surface area contributed by atoms with Crippen molar-refractivity contribution in [2.24, 2.45) is 0 Å². The van der Waals surface area contributed by atoms with Crippen molar-refractivity contribution < 1.29 is 0 Å². The maximum atomic E-state index is 5.34. The topological polar surface area (TPSA) is 27.3 Å². The van der Waals surface area contributed by atoms with Gasteiger partial charge in [-0.05, 0) is 58.8 Å². The number of rotatable bonds is 2. The van der Waals surface area contributed by atoms with Crippen LogP contribution in [0.25, 0.3) is 0 Å². The lowest BCUT2D eigenvalue weighted by Crippen LogP contribution is -2.56. The molecule has 0 saturated carbocycles. The molecule has 0 radical (unpaired) electrons. The van der Waals surface area contributed by atoms with E-state index in [2.05, 4.69) is 36.4 Å². The van der Waals surface area contributed by atoms with E-state index in [0.717, 1.165) is 17.2 Å². The number of hydrogen-bond donors (Lipinski definition) is 2. The zero-order valence-electron chi connectivity index (χ0n) is 11.2. The molecule has 3 nitrogen and oxygen atoms in total. The van der Waals surface area contributed by atoms with E-state index >= 15 is 0 Å². The van der Waals surface area contributed by atoms with E-state index in [1.165, 1.54) is 32.1 Å². The van der Waals surface area contributed by atoms with Crippen molar-refractivity contribution in [2.75, 3.05) is 7.05 Å². The van der Waals surface area contributed by atoms with Crippen LogP contribution >= 0.6 is 12.2 Å². The van der Waals surface area contributed by atoms with Gasteiger partial charge >= 0.3 is 0 Å². The number of nitrogens with zero attached hydrogens (tertiary/aromatic N) is 1. The predicted molar refractivity (Wildman–Crippen MR) is 76.2 cm³/mol. The fraction of sp³-hybridized carbons (Fsp3) is 0.923. The maximum Gasteiger partial charge on any atom is 0.166 e. The lowest BCUT2D eigenvalue weighted by atomic mass is 9.82. The molecular formula is C13H25N3S. The van der Waals surface area contributed by atoms with Gasteiger partial charge in [-0.15, -0.1) is 0 Å². The van der Waals surface area contributed by atoms with Gasteiger partial charge in [-0.1, -0.05) is 6.42 Å². The van der Waals surface area contributed by atoms with Crippen molar-refractivity contribution in [3.63, 3.8) is 0 Å². The zero-order valence-corrected chi connectivity index (χ0v) is 12.0. The van der Waals surface area contributed by atoms with Crippen LogP contribution in [0, 0.1) is 0 Å². The molecular weight excluding hydrogens is 230 g/mol. The largest absolute Gasteiger partial charge is 0.361 e. The Morgan fingerprint density at radius 3 is 2.35 bits per heavy atom. The van der Waals surface area contributed by atoms with Gasteiger partial charge in [0.1, 0.15) is 0 Å². The highest BCUT2D eigenvalue weighted by Crippen LogP contribution is 2.32. The molecule has 2 atom stereocenters. The Labute approximate surface area is 110 Å². The minimum Gasteiger partial charge on any atom is -0.361 e. The number of hydrogen-bond acceptors (Lipinski definition) is 2. The van der Waals surface area contributed by atoms with Crippen LogP contribution < -0.4 is 10.6 Å². The summed E-state index contributed by atoms with van der Waals surface area (Å²) in [5, 5.41) is 7.59. The molecule has 0 aromatic rings. The molecule has 2 aliphatic heterocycles. The molecule has 2 unspecified atom stereocenters. The average Bonchev–Trinajstić information content (AvgIpc) is 2.18. The van der Waals surface area contributed by atoms with Crippen LogP contribution in [-0.2, 0) is 0 Å². The Kier molecular flexibility index (Phi) is 4.26. The molecule has 0 amide bonds. The summed E-state index contributed by atoms with van der Waals surface area (Å²) in [4.78, 5) is 2.58. The number of nitrogens with one attached hydrogen (secondary N) is 2. The lowest BCUT2D eigenvalue weighted by Gasteiger charge is -2.47. The van der Waals surface area contributed by atoms with Crippen molar-refractivity contribution in [3.05, 3.63) is 0 Å². The van der Waals surface area contributed by atoms with E-state index in [0.29, 0.717) is 12.1 Å². The average molecular weight is 255 g/mol. The van der Waals surface area contributed by atoms with E-state index in [1.807, 2.05) is 0 Å². The van der Waals surface area contributed by atoms with E-state index in [-0.39, 0.29) is 0 Å². The molecule has 0 aromatic heterocycles. The molecule has 2 N–H and O–H groups in total. The second-order valence-electron chi connectivity index (χ2n) is 5.84. The Hall–Kier alpha value is -0.350. The Morgan fingerprint density at radius 2 is 1.82 bits per heavy atom. The third-order valence-electron chi connectivity index (χ3n) is 4.09. The Morgan fingerprint density at radius 1 is 1.24 bits per heavy atom. The van der Waals surface area contributed by atoms with Gasteiger partial charge in [-0.2, -0.15) is 0 Å².